The zero-order valence-electron chi connectivity index (χ0n) is 8.46. The zero-order valence-corrected chi connectivity index (χ0v) is 10.0. The fourth-order valence-corrected chi connectivity index (χ4v) is 2.34. The van der Waals surface area contributed by atoms with E-state index < -0.39 is 0 Å². The Balaban J connectivity index is 2.06. The highest BCUT2D eigenvalue weighted by molar-refractivity contribution is 9.10. The van der Waals surface area contributed by atoms with Gasteiger partial charge in [-0.2, -0.15) is 0 Å². The molecule has 0 spiro atoms. The van der Waals surface area contributed by atoms with Crippen LogP contribution in [0.5, 0.6) is 0 Å². The van der Waals surface area contributed by atoms with Gasteiger partial charge in [-0.15, -0.1) is 0 Å². The molecule has 76 valence electrons. The molecule has 1 fully saturated rings. The molecule has 14 heavy (non-hydrogen) atoms. The normalized spacial score (nSPS) is 25.9. The lowest BCUT2D eigenvalue weighted by Crippen LogP contribution is -2.40. The third kappa shape index (κ3) is 2.01. The molecule has 0 bridgehead atoms. The summed E-state index contributed by atoms with van der Waals surface area (Å²) < 4.78 is 1.21. The molecule has 2 heteroatoms. The largest absolute Gasteiger partial charge is 0.327 e. The molecule has 2 unspecified atom stereocenters. The van der Waals surface area contributed by atoms with Crippen LogP contribution in [0.25, 0.3) is 0 Å². The van der Waals surface area contributed by atoms with Gasteiger partial charge in [0.05, 0.1) is 0 Å². The number of aryl methyl sites for hydroxylation is 1. The van der Waals surface area contributed by atoms with Crippen molar-refractivity contribution in [1.29, 1.82) is 0 Å². The highest BCUT2D eigenvalue weighted by Crippen LogP contribution is 2.30. The van der Waals surface area contributed by atoms with Crippen LogP contribution in [0.2, 0.25) is 0 Å². The van der Waals surface area contributed by atoms with Crippen molar-refractivity contribution in [2.45, 2.75) is 32.2 Å². The maximum atomic E-state index is 5.93. The molecular weight excluding hydrogens is 238 g/mol. The molecular formula is C12H16BrN. The molecule has 1 aliphatic rings. The highest BCUT2D eigenvalue weighted by atomic mass is 79.9. The van der Waals surface area contributed by atoms with E-state index in [1.807, 2.05) is 0 Å². The summed E-state index contributed by atoms with van der Waals surface area (Å²) in [5.41, 5.74) is 8.63. The van der Waals surface area contributed by atoms with Gasteiger partial charge in [-0.1, -0.05) is 28.1 Å². The third-order valence-corrected chi connectivity index (χ3v) is 4.06. The Bertz CT molecular complexity index is 335. The van der Waals surface area contributed by atoms with Crippen LogP contribution in [0.3, 0.4) is 0 Å². The molecule has 2 atom stereocenters. The second kappa shape index (κ2) is 4.03. The second-order valence-corrected chi connectivity index (χ2v) is 5.14. The fraction of sp³-hybridized carbons (Fsp3) is 0.500. The molecule has 0 saturated heterocycles. The highest BCUT2D eigenvalue weighted by Gasteiger charge is 2.27. The minimum atomic E-state index is 0.440. The first-order valence-corrected chi connectivity index (χ1v) is 5.96. The predicted molar refractivity (Wildman–Crippen MR) is 63.3 cm³/mol. The Labute approximate surface area is 93.8 Å². The molecule has 0 amide bonds. The molecule has 0 heterocycles. The van der Waals surface area contributed by atoms with Gasteiger partial charge in [-0.05, 0) is 49.3 Å². The first-order valence-electron chi connectivity index (χ1n) is 5.17. The number of nitrogens with two attached hydrogens (primary N) is 1. The van der Waals surface area contributed by atoms with Crippen molar-refractivity contribution in [3.63, 3.8) is 0 Å². The van der Waals surface area contributed by atoms with E-state index in [0.717, 1.165) is 6.42 Å². The minimum Gasteiger partial charge on any atom is -0.327 e. The first kappa shape index (κ1) is 10.2. The number of hydrogen-bond donors (Lipinski definition) is 1. The van der Waals surface area contributed by atoms with Crippen LogP contribution in [-0.4, -0.2) is 6.04 Å². The predicted octanol–water partition coefficient (Wildman–Crippen LogP) is 3.04. The van der Waals surface area contributed by atoms with Gasteiger partial charge in [0.1, 0.15) is 0 Å². The van der Waals surface area contributed by atoms with Crippen LogP contribution in [0.1, 0.15) is 24.0 Å². The number of halogens is 1. The topological polar surface area (TPSA) is 26.0 Å². The van der Waals surface area contributed by atoms with Gasteiger partial charge in [0.15, 0.2) is 0 Å². The summed E-state index contributed by atoms with van der Waals surface area (Å²) in [4.78, 5) is 0. The number of benzene rings is 1. The molecule has 0 aliphatic heterocycles. The summed E-state index contributed by atoms with van der Waals surface area (Å²) in [6.07, 6.45) is 3.64. The van der Waals surface area contributed by atoms with Crippen molar-refractivity contribution in [2.24, 2.45) is 11.7 Å². The SMILES string of the molecule is Cc1ccc(CC2CCC2N)cc1Br. The van der Waals surface area contributed by atoms with Gasteiger partial charge in [-0.3, -0.25) is 0 Å². The minimum absolute atomic E-state index is 0.440. The van der Waals surface area contributed by atoms with Gasteiger partial charge in [0.2, 0.25) is 0 Å². The van der Waals surface area contributed by atoms with E-state index in [1.165, 1.54) is 28.4 Å². The van der Waals surface area contributed by atoms with Crippen LogP contribution in [-0.2, 0) is 6.42 Å². The summed E-state index contributed by atoms with van der Waals surface area (Å²) in [5, 5.41) is 0. The molecule has 1 aromatic carbocycles. The maximum absolute atomic E-state index is 5.93. The molecule has 2 N–H and O–H groups in total. The van der Waals surface area contributed by atoms with Gasteiger partial charge in [0, 0.05) is 10.5 Å². The van der Waals surface area contributed by atoms with Crippen molar-refractivity contribution in [2.75, 3.05) is 0 Å². The first-order chi connectivity index (χ1) is 6.66. The number of hydrogen-bond acceptors (Lipinski definition) is 1. The average molecular weight is 254 g/mol. The van der Waals surface area contributed by atoms with E-state index in [4.69, 9.17) is 5.73 Å². The standard InChI is InChI=1S/C12H16BrN/c1-8-2-3-9(7-11(8)13)6-10-4-5-12(10)14/h2-3,7,10,12H,4-6,14H2,1H3. The van der Waals surface area contributed by atoms with Crippen LogP contribution in [0.4, 0.5) is 0 Å². The molecule has 1 nitrogen and oxygen atoms in total. The Morgan fingerprint density at radius 1 is 1.43 bits per heavy atom. The summed E-state index contributed by atoms with van der Waals surface area (Å²) in [7, 11) is 0. The van der Waals surface area contributed by atoms with E-state index in [2.05, 4.69) is 41.1 Å². The van der Waals surface area contributed by atoms with Crippen molar-refractivity contribution in [3.05, 3.63) is 33.8 Å². The Morgan fingerprint density at radius 2 is 2.21 bits per heavy atom. The zero-order chi connectivity index (χ0) is 10.1. The van der Waals surface area contributed by atoms with E-state index in [9.17, 15) is 0 Å². The maximum Gasteiger partial charge on any atom is 0.0207 e. The van der Waals surface area contributed by atoms with Crippen molar-refractivity contribution in [1.82, 2.24) is 0 Å². The molecule has 2 rings (SSSR count). The van der Waals surface area contributed by atoms with E-state index in [-0.39, 0.29) is 0 Å². The lowest BCUT2D eigenvalue weighted by Gasteiger charge is -2.33. The van der Waals surface area contributed by atoms with Gasteiger partial charge < -0.3 is 5.73 Å². The molecule has 1 aliphatic carbocycles. The Kier molecular flexibility index (Phi) is 2.93. The van der Waals surface area contributed by atoms with E-state index in [1.54, 1.807) is 0 Å². The van der Waals surface area contributed by atoms with Crippen LogP contribution >= 0.6 is 15.9 Å². The Morgan fingerprint density at radius 3 is 2.71 bits per heavy atom. The van der Waals surface area contributed by atoms with Crippen LogP contribution in [0.15, 0.2) is 22.7 Å². The van der Waals surface area contributed by atoms with E-state index in [0.29, 0.717) is 12.0 Å². The molecule has 1 aromatic rings. The third-order valence-electron chi connectivity index (χ3n) is 3.21. The molecule has 0 aromatic heterocycles. The average Bonchev–Trinajstić information content (AvgIpc) is 2.17. The summed E-state index contributed by atoms with van der Waals surface area (Å²) in [6.45, 7) is 2.11. The summed E-state index contributed by atoms with van der Waals surface area (Å²) >= 11 is 3.56. The quantitative estimate of drug-likeness (QED) is 0.862. The van der Waals surface area contributed by atoms with Gasteiger partial charge in [-0.25, -0.2) is 0 Å². The van der Waals surface area contributed by atoms with Crippen LogP contribution < -0.4 is 5.73 Å². The van der Waals surface area contributed by atoms with Crippen molar-refractivity contribution >= 4 is 15.9 Å². The van der Waals surface area contributed by atoms with Crippen molar-refractivity contribution in [3.8, 4) is 0 Å². The van der Waals surface area contributed by atoms with Gasteiger partial charge in [0.25, 0.3) is 0 Å². The number of rotatable bonds is 2. The molecule has 0 radical (unpaired) electrons. The summed E-state index contributed by atoms with van der Waals surface area (Å²) in [5.74, 6) is 0.713. The molecule has 1 saturated carbocycles. The lowest BCUT2D eigenvalue weighted by atomic mass is 9.76. The Hall–Kier alpha value is -0.340. The fourth-order valence-electron chi connectivity index (χ4n) is 1.91. The summed E-state index contributed by atoms with van der Waals surface area (Å²) in [6, 6.07) is 7.05. The van der Waals surface area contributed by atoms with Gasteiger partial charge >= 0.3 is 0 Å². The lowest BCUT2D eigenvalue weighted by molar-refractivity contribution is 0.256. The van der Waals surface area contributed by atoms with E-state index >= 15 is 0 Å². The van der Waals surface area contributed by atoms with Crippen LogP contribution in [0, 0.1) is 12.8 Å². The van der Waals surface area contributed by atoms with Crippen molar-refractivity contribution < 1.29 is 0 Å². The monoisotopic (exact) mass is 253 g/mol. The second-order valence-electron chi connectivity index (χ2n) is 4.29. The smallest absolute Gasteiger partial charge is 0.0207 e.